The second kappa shape index (κ2) is 9.70. The van der Waals surface area contributed by atoms with Crippen molar-refractivity contribution in [1.29, 1.82) is 0 Å². The predicted molar refractivity (Wildman–Crippen MR) is 130 cm³/mol. The lowest BCUT2D eigenvalue weighted by Crippen LogP contribution is -2.46. The average Bonchev–Trinajstić information content (AvgIpc) is 3.04. The van der Waals surface area contributed by atoms with E-state index in [0.717, 1.165) is 13.0 Å². The van der Waals surface area contributed by atoms with Crippen molar-refractivity contribution >= 4 is 28.8 Å². The van der Waals surface area contributed by atoms with Crippen LogP contribution >= 0.6 is 0 Å². The van der Waals surface area contributed by atoms with E-state index >= 15 is 0 Å². The molecule has 9 heteroatoms. The molecule has 3 heterocycles. The van der Waals surface area contributed by atoms with Crippen LogP contribution < -0.4 is 16.3 Å². The fourth-order valence-corrected chi connectivity index (χ4v) is 4.79. The topological polar surface area (TPSA) is 111 Å². The van der Waals surface area contributed by atoms with Gasteiger partial charge < -0.3 is 10.1 Å². The lowest BCUT2D eigenvalue weighted by Gasteiger charge is -2.30. The van der Waals surface area contributed by atoms with E-state index in [-0.39, 0.29) is 42.4 Å². The zero-order chi connectivity index (χ0) is 25.3. The fraction of sp³-hybridized carbons (Fsp3) is 0.538. The maximum atomic E-state index is 13.0. The van der Waals surface area contributed by atoms with Crippen LogP contribution in [0, 0.1) is 17.8 Å². The highest BCUT2D eigenvalue weighted by Crippen LogP contribution is 2.25. The van der Waals surface area contributed by atoms with E-state index in [1.165, 1.54) is 9.13 Å². The summed E-state index contributed by atoms with van der Waals surface area (Å²) in [4.78, 5) is 49.5. The predicted octanol–water partition coefficient (Wildman–Crippen LogP) is 1.77. The number of fused-ring (bicyclic) bond motifs is 1. The van der Waals surface area contributed by atoms with Gasteiger partial charge in [-0.15, -0.1) is 0 Å². The molecule has 0 bridgehead atoms. The molecule has 2 N–H and O–H groups in total. The summed E-state index contributed by atoms with van der Waals surface area (Å²) in [5.74, 6) is 5.70. The van der Waals surface area contributed by atoms with Gasteiger partial charge in [0.1, 0.15) is 17.7 Å². The molecule has 186 valence electrons. The number of esters is 1. The lowest BCUT2D eigenvalue weighted by molar-refractivity contribution is -0.158. The molecule has 1 aromatic carbocycles. The molecule has 1 aromatic heterocycles. The van der Waals surface area contributed by atoms with Gasteiger partial charge in [-0.3, -0.25) is 28.8 Å². The number of amides is 2. The van der Waals surface area contributed by atoms with E-state index < -0.39 is 17.6 Å². The minimum atomic E-state index is -0.730. The molecule has 9 nitrogen and oxygen atoms in total. The van der Waals surface area contributed by atoms with Gasteiger partial charge in [0.05, 0.1) is 16.6 Å². The Morgan fingerprint density at radius 3 is 2.69 bits per heavy atom. The molecule has 0 saturated carbocycles. The van der Waals surface area contributed by atoms with Gasteiger partial charge in [0, 0.05) is 19.9 Å². The third-order valence-corrected chi connectivity index (χ3v) is 6.44. The first-order valence-corrected chi connectivity index (χ1v) is 12.0. The summed E-state index contributed by atoms with van der Waals surface area (Å²) in [6.07, 6.45) is 2.69. The number of imide groups is 1. The quantitative estimate of drug-likeness (QED) is 0.394. The zero-order valence-electron chi connectivity index (χ0n) is 20.6. The molecule has 2 aromatic rings. The van der Waals surface area contributed by atoms with E-state index in [0.29, 0.717) is 29.4 Å². The van der Waals surface area contributed by atoms with Gasteiger partial charge in [-0.2, -0.15) is 0 Å². The number of aromatic nitrogens is 2. The third-order valence-electron chi connectivity index (χ3n) is 6.44. The van der Waals surface area contributed by atoms with E-state index in [9.17, 15) is 19.2 Å². The number of carbonyl (C=O) groups is 3. The Labute approximate surface area is 204 Å². The van der Waals surface area contributed by atoms with Crippen LogP contribution in [0.5, 0.6) is 0 Å². The van der Waals surface area contributed by atoms with Crippen LogP contribution in [0.3, 0.4) is 0 Å². The first-order chi connectivity index (χ1) is 16.5. The van der Waals surface area contributed by atoms with Crippen LogP contribution in [0.2, 0.25) is 0 Å². The summed E-state index contributed by atoms with van der Waals surface area (Å²) < 4.78 is 8.48. The highest BCUT2D eigenvalue weighted by Gasteiger charge is 2.32. The molecule has 2 aliphatic rings. The number of ether oxygens (including phenoxy) is 1. The molecule has 3 atom stereocenters. The number of benzene rings is 1. The van der Waals surface area contributed by atoms with Crippen molar-refractivity contribution in [2.45, 2.75) is 70.6 Å². The number of para-hydroxylation sites is 1. The molecule has 35 heavy (non-hydrogen) atoms. The molecule has 3 unspecified atom stereocenters. The van der Waals surface area contributed by atoms with Crippen LogP contribution in [0.15, 0.2) is 23.0 Å². The number of aryl methyl sites for hydroxylation is 1. The van der Waals surface area contributed by atoms with Crippen molar-refractivity contribution in [1.82, 2.24) is 19.8 Å². The Morgan fingerprint density at radius 2 is 1.97 bits per heavy atom. The SMILES string of the molecule is Cn1c(=O)n(C2CCC(=O)NC2=O)c2cccc(C#CCC3CCNC(C(=O)OC(C)(C)C)C3)c21. The van der Waals surface area contributed by atoms with Crippen molar-refractivity contribution in [3.05, 3.63) is 34.2 Å². The van der Waals surface area contributed by atoms with Crippen molar-refractivity contribution in [2.24, 2.45) is 13.0 Å². The molecule has 0 spiro atoms. The minimum absolute atomic E-state index is 0.194. The summed E-state index contributed by atoms with van der Waals surface area (Å²) in [5, 5.41) is 5.57. The van der Waals surface area contributed by atoms with E-state index in [1.54, 1.807) is 13.1 Å². The Morgan fingerprint density at radius 1 is 1.20 bits per heavy atom. The molecule has 2 saturated heterocycles. The molecule has 2 amide bonds. The highest BCUT2D eigenvalue weighted by atomic mass is 16.6. The Bertz CT molecular complexity index is 1290. The first-order valence-electron chi connectivity index (χ1n) is 12.0. The lowest BCUT2D eigenvalue weighted by atomic mass is 9.90. The van der Waals surface area contributed by atoms with Gasteiger partial charge in [-0.25, -0.2) is 4.79 Å². The van der Waals surface area contributed by atoms with Crippen molar-refractivity contribution in [3.8, 4) is 11.8 Å². The molecule has 0 radical (unpaired) electrons. The van der Waals surface area contributed by atoms with Crippen LogP contribution in [0.1, 0.15) is 64.5 Å². The second-order valence-electron chi connectivity index (χ2n) is 10.3. The molecule has 2 fully saturated rings. The normalized spacial score (nSPS) is 22.9. The van der Waals surface area contributed by atoms with Gasteiger partial charge in [0.15, 0.2) is 0 Å². The maximum absolute atomic E-state index is 13.0. The number of piperidine rings is 2. The molecular formula is C26H32N4O5. The number of hydrogen-bond donors (Lipinski definition) is 2. The highest BCUT2D eigenvalue weighted by molar-refractivity contribution is 6.00. The second-order valence-corrected chi connectivity index (χ2v) is 10.3. The Balaban J connectivity index is 1.54. The van der Waals surface area contributed by atoms with Crippen LogP contribution in [-0.4, -0.2) is 45.1 Å². The van der Waals surface area contributed by atoms with Gasteiger partial charge in [-0.05, 0) is 64.6 Å². The van der Waals surface area contributed by atoms with Crippen LogP contribution in [0.25, 0.3) is 11.0 Å². The number of imidazole rings is 1. The third kappa shape index (κ3) is 5.33. The van der Waals surface area contributed by atoms with Gasteiger partial charge >= 0.3 is 11.7 Å². The number of nitrogens with one attached hydrogen (secondary N) is 2. The summed E-state index contributed by atoms with van der Waals surface area (Å²) in [7, 11) is 1.66. The summed E-state index contributed by atoms with van der Waals surface area (Å²) in [5.41, 5.74) is 1.13. The molecule has 0 aliphatic carbocycles. The summed E-state index contributed by atoms with van der Waals surface area (Å²) in [6, 6.07) is 4.41. The summed E-state index contributed by atoms with van der Waals surface area (Å²) in [6.45, 7) is 6.31. The average molecular weight is 481 g/mol. The van der Waals surface area contributed by atoms with Crippen LogP contribution in [0.4, 0.5) is 0 Å². The Kier molecular flexibility index (Phi) is 6.86. The zero-order valence-corrected chi connectivity index (χ0v) is 20.6. The monoisotopic (exact) mass is 480 g/mol. The maximum Gasteiger partial charge on any atom is 0.329 e. The summed E-state index contributed by atoms with van der Waals surface area (Å²) >= 11 is 0. The van der Waals surface area contributed by atoms with Crippen molar-refractivity contribution in [2.75, 3.05) is 6.54 Å². The van der Waals surface area contributed by atoms with Gasteiger partial charge in [-0.1, -0.05) is 17.9 Å². The standard InChI is InChI=1S/C26H32N4O5/c1-26(2,3)35-24(33)18-15-16(13-14-27-18)7-5-8-17-9-6-10-19-22(17)29(4)25(34)30(19)20-11-12-21(31)28-23(20)32/h6,9-10,16,18,20,27H,7,11-15H2,1-4H3,(H,28,31,32). The minimum Gasteiger partial charge on any atom is -0.459 e. The van der Waals surface area contributed by atoms with Crippen LogP contribution in [-0.2, 0) is 26.2 Å². The molecular weight excluding hydrogens is 448 g/mol. The largest absolute Gasteiger partial charge is 0.459 e. The van der Waals surface area contributed by atoms with E-state index in [4.69, 9.17) is 4.74 Å². The molecule has 2 aliphatic heterocycles. The first kappa shape index (κ1) is 24.7. The van der Waals surface area contributed by atoms with E-state index in [1.807, 2.05) is 32.9 Å². The number of carbonyl (C=O) groups excluding carboxylic acids is 3. The van der Waals surface area contributed by atoms with Crippen molar-refractivity contribution < 1.29 is 19.1 Å². The number of hydrogen-bond acceptors (Lipinski definition) is 6. The van der Waals surface area contributed by atoms with E-state index in [2.05, 4.69) is 22.5 Å². The fourth-order valence-electron chi connectivity index (χ4n) is 4.79. The number of rotatable bonds is 3. The number of nitrogens with zero attached hydrogens (tertiary/aromatic N) is 2. The van der Waals surface area contributed by atoms with Gasteiger partial charge in [0.2, 0.25) is 11.8 Å². The Hall–Kier alpha value is -3.38. The van der Waals surface area contributed by atoms with Crippen molar-refractivity contribution in [3.63, 3.8) is 0 Å². The molecule has 4 rings (SSSR count). The smallest absolute Gasteiger partial charge is 0.329 e. The van der Waals surface area contributed by atoms with Gasteiger partial charge in [0.25, 0.3) is 0 Å².